The summed E-state index contributed by atoms with van der Waals surface area (Å²) >= 11 is 0. The molecule has 3 atom stereocenters. The third-order valence-corrected chi connectivity index (χ3v) is 4.17. The molecule has 1 aliphatic rings. The molecular weight excluding hydrogens is 220 g/mol. The van der Waals surface area contributed by atoms with Gasteiger partial charge in [-0.15, -0.1) is 0 Å². The molecule has 1 aliphatic heterocycles. The fourth-order valence-electron chi connectivity index (χ4n) is 3.27. The van der Waals surface area contributed by atoms with Crippen molar-refractivity contribution in [2.24, 2.45) is 11.8 Å². The summed E-state index contributed by atoms with van der Waals surface area (Å²) in [5, 5.41) is 3.75. The van der Waals surface area contributed by atoms with Crippen molar-refractivity contribution in [1.29, 1.82) is 0 Å². The van der Waals surface area contributed by atoms with Crippen LogP contribution >= 0.6 is 0 Å². The van der Waals surface area contributed by atoms with Gasteiger partial charge in [0.05, 0.1) is 0 Å². The van der Waals surface area contributed by atoms with Gasteiger partial charge in [0, 0.05) is 31.7 Å². The highest BCUT2D eigenvalue weighted by Gasteiger charge is 2.27. The van der Waals surface area contributed by atoms with Crippen LogP contribution in [0.4, 0.5) is 0 Å². The normalized spacial score (nSPS) is 27.7. The first-order valence-corrected chi connectivity index (χ1v) is 8.04. The van der Waals surface area contributed by atoms with Crippen LogP contribution in [0.1, 0.15) is 60.3 Å². The van der Waals surface area contributed by atoms with Crippen LogP contribution < -0.4 is 5.32 Å². The Balaban J connectivity index is 2.48. The second-order valence-electron chi connectivity index (χ2n) is 6.64. The van der Waals surface area contributed by atoms with E-state index < -0.39 is 0 Å². The van der Waals surface area contributed by atoms with E-state index in [0.29, 0.717) is 6.04 Å². The van der Waals surface area contributed by atoms with Gasteiger partial charge in [-0.1, -0.05) is 41.0 Å². The summed E-state index contributed by atoms with van der Waals surface area (Å²) in [5.74, 6) is 1.65. The Morgan fingerprint density at radius 1 is 1.22 bits per heavy atom. The van der Waals surface area contributed by atoms with Gasteiger partial charge in [-0.25, -0.2) is 0 Å². The van der Waals surface area contributed by atoms with E-state index in [9.17, 15) is 0 Å². The van der Waals surface area contributed by atoms with Crippen LogP contribution in [0.5, 0.6) is 0 Å². The summed E-state index contributed by atoms with van der Waals surface area (Å²) < 4.78 is 0. The highest BCUT2D eigenvalue weighted by atomic mass is 15.2. The summed E-state index contributed by atoms with van der Waals surface area (Å²) in [7, 11) is 0. The average Bonchev–Trinajstić information content (AvgIpc) is 2.28. The fraction of sp³-hybridized carbons (Fsp3) is 1.00. The summed E-state index contributed by atoms with van der Waals surface area (Å²) in [6, 6.07) is 1.47. The molecule has 0 aliphatic carbocycles. The van der Waals surface area contributed by atoms with E-state index in [1.54, 1.807) is 0 Å². The maximum atomic E-state index is 3.75. The van der Waals surface area contributed by atoms with Gasteiger partial charge in [0.25, 0.3) is 0 Å². The molecule has 0 aromatic rings. The van der Waals surface area contributed by atoms with Crippen LogP contribution in [0.25, 0.3) is 0 Å². The zero-order valence-corrected chi connectivity index (χ0v) is 13.2. The number of hydrogen-bond donors (Lipinski definition) is 1. The van der Waals surface area contributed by atoms with Crippen LogP contribution in [0.3, 0.4) is 0 Å². The topological polar surface area (TPSA) is 15.3 Å². The van der Waals surface area contributed by atoms with Crippen molar-refractivity contribution in [2.45, 2.75) is 72.4 Å². The minimum atomic E-state index is 0.710. The Labute approximate surface area is 115 Å². The highest BCUT2D eigenvalue weighted by molar-refractivity contribution is 4.86. The second kappa shape index (κ2) is 8.16. The molecule has 0 radical (unpaired) electrons. The largest absolute Gasteiger partial charge is 0.311 e. The molecule has 0 saturated carbocycles. The Hall–Kier alpha value is -0.0800. The number of nitrogens with one attached hydrogen (secondary N) is 1. The monoisotopic (exact) mass is 254 g/mol. The SMILES string of the molecule is CCCC(C)CN1CC(CC(C)C)NCC1CC. The first-order valence-electron chi connectivity index (χ1n) is 8.04. The van der Waals surface area contributed by atoms with Gasteiger partial charge in [0.2, 0.25) is 0 Å². The van der Waals surface area contributed by atoms with Crippen LogP contribution in [-0.4, -0.2) is 36.6 Å². The molecule has 108 valence electrons. The molecule has 1 N–H and O–H groups in total. The van der Waals surface area contributed by atoms with Crippen molar-refractivity contribution in [3.05, 3.63) is 0 Å². The summed E-state index contributed by atoms with van der Waals surface area (Å²) in [5.41, 5.74) is 0. The van der Waals surface area contributed by atoms with Gasteiger partial charge >= 0.3 is 0 Å². The minimum Gasteiger partial charge on any atom is -0.311 e. The molecule has 3 unspecified atom stereocenters. The lowest BCUT2D eigenvalue weighted by molar-refractivity contribution is 0.101. The molecule has 0 aromatic heterocycles. The molecule has 0 aromatic carbocycles. The molecule has 0 bridgehead atoms. The first-order chi connectivity index (χ1) is 8.56. The van der Waals surface area contributed by atoms with Crippen LogP contribution in [0.15, 0.2) is 0 Å². The molecule has 0 amide bonds. The lowest BCUT2D eigenvalue weighted by Crippen LogP contribution is -2.57. The van der Waals surface area contributed by atoms with Gasteiger partial charge in [-0.05, 0) is 31.1 Å². The lowest BCUT2D eigenvalue weighted by Gasteiger charge is -2.42. The average molecular weight is 254 g/mol. The Bertz CT molecular complexity index is 215. The van der Waals surface area contributed by atoms with E-state index in [0.717, 1.165) is 17.9 Å². The zero-order valence-electron chi connectivity index (χ0n) is 13.2. The minimum absolute atomic E-state index is 0.710. The maximum Gasteiger partial charge on any atom is 0.0218 e. The number of rotatable bonds is 7. The van der Waals surface area contributed by atoms with Gasteiger partial charge in [0.15, 0.2) is 0 Å². The molecule has 1 heterocycles. The van der Waals surface area contributed by atoms with E-state index in [-0.39, 0.29) is 0 Å². The summed E-state index contributed by atoms with van der Waals surface area (Å²) in [6.07, 6.45) is 5.28. The van der Waals surface area contributed by atoms with Gasteiger partial charge < -0.3 is 5.32 Å². The predicted octanol–water partition coefficient (Wildman–Crippen LogP) is 3.52. The van der Waals surface area contributed by atoms with E-state index >= 15 is 0 Å². The highest BCUT2D eigenvalue weighted by Crippen LogP contribution is 2.18. The third-order valence-electron chi connectivity index (χ3n) is 4.17. The molecule has 1 saturated heterocycles. The fourth-order valence-corrected chi connectivity index (χ4v) is 3.27. The van der Waals surface area contributed by atoms with Crippen molar-refractivity contribution < 1.29 is 0 Å². The molecule has 1 rings (SSSR count). The zero-order chi connectivity index (χ0) is 13.5. The number of piperazine rings is 1. The van der Waals surface area contributed by atoms with Gasteiger partial charge in [-0.3, -0.25) is 4.90 Å². The summed E-state index contributed by atoms with van der Waals surface area (Å²) in [6.45, 7) is 15.4. The molecule has 18 heavy (non-hydrogen) atoms. The van der Waals surface area contributed by atoms with Crippen LogP contribution in [0.2, 0.25) is 0 Å². The standard InChI is InChI=1S/C16H34N2/c1-6-8-14(5)11-18-12-15(9-13(3)4)17-10-16(18)7-2/h13-17H,6-12H2,1-5H3. The van der Waals surface area contributed by atoms with Crippen molar-refractivity contribution >= 4 is 0 Å². The van der Waals surface area contributed by atoms with Gasteiger partial charge in [0.1, 0.15) is 0 Å². The summed E-state index contributed by atoms with van der Waals surface area (Å²) in [4.78, 5) is 2.75. The molecule has 0 spiro atoms. The molecule has 1 fully saturated rings. The molecular formula is C16H34N2. The Morgan fingerprint density at radius 2 is 1.94 bits per heavy atom. The van der Waals surface area contributed by atoms with Crippen molar-refractivity contribution in [1.82, 2.24) is 10.2 Å². The quantitative estimate of drug-likeness (QED) is 0.748. The molecule has 2 heteroatoms. The van der Waals surface area contributed by atoms with Crippen molar-refractivity contribution in [3.63, 3.8) is 0 Å². The smallest absolute Gasteiger partial charge is 0.0218 e. The Morgan fingerprint density at radius 3 is 2.50 bits per heavy atom. The predicted molar refractivity (Wildman–Crippen MR) is 81.0 cm³/mol. The maximum absolute atomic E-state index is 3.75. The van der Waals surface area contributed by atoms with Crippen molar-refractivity contribution in [2.75, 3.05) is 19.6 Å². The second-order valence-corrected chi connectivity index (χ2v) is 6.64. The number of nitrogens with zero attached hydrogens (tertiary/aromatic N) is 1. The third kappa shape index (κ3) is 5.27. The van der Waals surface area contributed by atoms with Gasteiger partial charge in [-0.2, -0.15) is 0 Å². The van der Waals surface area contributed by atoms with E-state index in [1.807, 2.05) is 0 Å². The van der Waals surface area contributed by atoms with Crippen LogP contribution in [-0.2, 0) is 0 Å². The van der Waals surface area contributed by atoms with E-state index in [2.05, 4.69) is 44.8 Å². The van der Waals surface area contributed by atoms with Crippen molar-refractivity contribution in [3.8, 4) is 0 Å². The lowest BCUT2D eigenvalue weighted by atomic mass is 9.97. The number of hydrogen-bond acceptors (Lipinski definition) is 2. The van der Waals surface area contributed by atoms with Crippen LogP contribution in [0, 0.1) is 11.8 Å². The van der Waals surface area contributed by atoms with E-state index in [4.69, 9.17) is 0 Å². The van der Waals surface area contributed by atoms with E-state index in [1.165, 1.54) is 45.3 Å². The Kier molecular flexibility index (Phi) is 7.25. The first kappa shape index (κ1) is 16.0. The molecule has 2 nitrogen and oxygen atoms in total.